The molecule has 26 heavy (non-hydrogen) atoms. The molecule has 0 radical (unpaired) electrons. The standard InChI is InChI=1S/C17H20N8O/c18-7-12-9-22-15(10-20-12)23-14-6-13(16(17(19)26)25-24-14)21-8-11-4-2-1-3-5-11/h6,9-11H,1-5,8H2,(H2,19,26)(H2,21,22,23,24). The fourth-order valence-corrected chi connectivity index (χ4v) is 3.00. The number of carbonyl (C=O) groups excluding carboxylic acids is 1. The second kappa shape index (κ2) is 8.20. The lowest BCUT2D eigenvalue weighted by atomic mass is 9.89. The number of nitrogens with zero attached hydrogens (tertiary/aromatic N) is 5. The molecule has 2 aromatic rings. The van der Waals surface area contributed by atoms with Crippen molar-refractivity contribution in [2.45, 2.75) is 32.1 Å². The van der Waals surface area contributed by atoms with E-state index in [4.69, 9.17) is 11.0 Å². The minimum atomic E-state index is -0.631. The zero-order valence-corrected chi connectivity index (χ0v) is 14.3. The van der Waals surface area contributed by atoms with Crippen LogP contribution >= 0.6 is 0 Å². The van der Waals surface area contributed by atoms with Gasteiger partial charge in [0.1, 0.15) is 11.9 Å². The van der Waals surface area contributed by atoms with Gasteiger partial charge in [0.15, 0.2) is 17.2 Å². The average molecular weight is 352 g/mol. The van der Waals surface area contributed by atoms with Crippen molar-refractivity contribution in [1.82, 2.24) is 20.2 Å². The monoisotopic (exact) mass is 352 g/mol. The summed E-state index contributed by atoms with van der Waals surface area (Å²) < 4.78 is 0. The molecule has 1 aliphatic rings. The number of carbonyl (C=O) groups is 1. The number of hydrogen-bond donors (Lipinski definition) is 3. The first kappa shape index (κ1) is 17.5. The Bertz CT molecular complexity index is 809. The van der Waals surface area contributed by atoms with Crippen molar-refractivity contribution in [2.75, 3.05) is 17.2 Å². The molecule has 0 bridgehead atoms. The number of nitrogens with one attached hydrogen (secondary N) is 2. The van der Waals surface area contributed by atoms with Gasteiger partial charge in [-0.15, -0.1) is 10.2 Å². The van der Waals surface area contributed by atoms with Crippen molar-refractivity contribution in [2.24, 2.45) is 11.7 Å². The predicted octanol–water partition coefficient (Wildman–Crippen LogP) is 1.97. The molecule has 1 amide bonds. The summed E-state index contributed by atoms with van der Waals surface area (Å²) in [6.07, 6.45) is 8.93. The normalized spacial score (nSPS) is 14.4. The third-order valence-corrected chi connectivity index (χ3v) is 4.36. The summed E-state index contributed by atoms with van der Waals surface area (Å²) in [4.78, 5) is 19.6. The molecule has 0 saturated heterocycles. The van der Waals surface area contributed by atoms with E-state index in [9.17, 15) is 4.79 Å². The van der Waals surface area contributed by atoms with E-state index in [0.29, 0.717) is 23.2 Å². The number of rotatable bonds is 6. The van der Waals surface area contributed by atoms with E-state index in [1.165, 1.54) is 44.5 Å². The van der Waals surface area contributed by atoms with Crippen molar-refractivity contribution in [1.29, 1.82) is 5.26 Å². The summed E-state index contributed by atoms with van der Waals surface area (Å²) in [6, 6.07) is 3.58. The van der Waals surface area contributed by atoms with Gasteiger partial charge in [-0.2, -0.15) is 5.26 Å². The first-order valence-corrected chi connectivity index (χ1v) is 8.56. The molecule has 1 fully saturated rings. The van der Waals surface area contributed by atoms with Gasteiger partial charge in [0.25, 0.3) is 5.91 Å². The molecule has 2 aromatic heterocycles. The van der Waals surface area contributed by atoms with E-state index < -0.39 is 5.91 Å². The molecule has 0 atom stereocenters. The first-order valence-electron chi connectivity index (χ1n) is 8.56. The lowest BCUT2D eigenvalue weighted by Crippen LogP contribution is -2.21. The zero-order valence-electron chi connectivity index (χ0n) is 14.3. The van der Waals surface area contributed by atoms with Gasteiger partial charge < -0.3 is 16.4 Å². The number of nitrogens with two attached hydrogens (primary N) is 1. The fraction of sp³-hybridized carbons (Fsp3) is 0.412. The van der Waals surface area contributed by atoms with Gasteiger partial charge in [-0.05, 0) is 18.8 Å². The van der Waals surface area contributed by atoms with Crippen molar-refractivity contribution >= 4 is 23.2 Å². The van der Waals surface area contributed by atoms with E-state index in [1.54, 1.807) is 6.07 Å². The van der Waals surface area contributed by atoms with Gasteiger partial charge in [0, 0.05) is 12.6 Å². The Morgan fingerprint density at radius 3 is 2.65 bits per heavy atom. The number of anilines is 3. The molecule has 0 spiro atoms. The van der Waals surface area contributed by atoms with Gasteiger partial charge in [-0.25, -0.2) is 9.97 Å². The Morgan fingerprint density at radius 1 is 1.19 bits per heavy atom. The number of aromatic nitrogens is 4. The SMILES string of the molecule is N#Cc1cnc(Nc2cc(NCC3CCCCC3)c(C(N)=O)nn2)cn1. The third kappa shape index (κ3) is 4.42. The predicted molar refractivity (Wildman–Crippen MR) is 95.6 cm³/mol. The van der Waals surface area contributed by atoms with Crippen LogP contribution in [0.15, 0.2) is 18.5 Å². The van der Waals surface area contributed by atoms with Crippen LogP contribution in [0, 0.1) is 17.2 Å². The summed E-state index contributed by atoms with van der Waals surface area (Å²) >= 11 is 0. The Kier molecular flexibility index (Phi) is 5.53. The summed E-state index contributed by atoms with van der Waals surface area (Å²) in [5.74, 6) is 0.773. The second-order valence-corrected chi connectivity index (χ2v) is 6.26. The van der Waals surface area contributed by atoms with Gasteiger partial charge in [-0.1, -0.05) is 19.3 Å². The van der Waals surface area contributed by atoms with Gasteiger partial charge in [0.2, 0.25) is 0 Å². The molecule has 9 heteroatoms. The number of amides is 1. The minimum Gasteiger partial charge on any atom is -0.383 e. The topological polar surface area (TPSA) is 142 Å². The van der Waals surface area contributed by atoms with Gasteiger partial charge >= 0.3 is 0 Å². The molecule has 0 aromatic carbocycles. The van der Waals surface area contributed by atoms with Gasteiger partial charge in [0.05, 0.1) is 18.1 Å². The van der Waals surface area contributed by atoms with E-state index in [0.717, 1.165) is 6.54 Å². The Balaban J connectivity index is 1.74. The van der Waals surface area contributed by atoms with Crippen LogP contribution in [0.5, 0.6) is 0 Å². The molecular formula is C17H20N8O. The van der Waals surface area contributed by atoms with Crippen LogP contribution in [0.3, 0.4) is 0 Å². The molecule has 0 unspecified atom stereocenters. The average Bonchev–Trinajstić information content (AvgIpc) is 2.68. The number of primary amides is 1. The maximum Gasteiger partial charge on any atom is 0.271 e. The van der Waals surface area contributed by atoms with Crippen LogP contribution < -0.4 is 16.4 Å². The third-order valence-electron chi connectivity index (χ3n) is 4.36. The molecule has 1 aliphatic carbocycles. The quantitative estimate of drug-likeness (QED) is 0.716. The summed E-state index contributed by atoms with van der Waals surface area (Å²) in [6.45, 7) is 0.766. The maximum absolute atomic E-state index is 11.6. The lowest BCUT2D eigenvalue weighted by molar-refractivity contribution is 0.0995. The van der Waals surface area contributed by atoms with Crippen molar-refractivity contribution in [3.8, 4) is 6.07 Å². The van der Waals surface area contributed by atoms with Crippen molar-refractivity contribution in [3.63, 3.8) is 0 Å². The van der Waals surface area contributed by atoms with E-state index in [1.807, 2.05) is 6.07 Å². The molecule has 2 heterocycles. The molecule has 1 saturated carbocycles. The molecule has 4 N–H and O–H groups in total. The van der Waals surface area contributed by atoms with E-state index >= 15 is 0 Å². The molecule has 3 rings (SSSR count). The first-order chi connectivity index (χ1) is 12.7. The van der Waals surface area contributed by atoms with Crippen LogP contribution in [-0.2, 0) is 0 Å². The van der Waals surface area contributed by atoms with Crippen LogP contribution in [0.4, 0.5) is 17.3 Å². The van der Waals surface area contributed by atoms with Crippen LogP contribution in [0.1, 0.15) is 48.3 Å². The Labute approximate surface area is 151 Å². The molecule has 134 valence electrons. The largest absolute Gasteiger partial charge is 0.383 e. The zero-order chi connectivity index (χ0) is 18.4. The minimum absolute atomic E-state index is 0.109. The molecule has 9 nitrogen and oxygen atoms in total. The summed E-state index contributed by atoms with van der Waals surface area (Å²) in [7, 11) is 0. The number of nitriles is 1. The van der Waals surface area contributed by atoms with Gasteiger partial charge in [-0.3, -0.25) is 4.79 Å². The van der Waals surface area contributed by atoms with Crippen molar-refractivity contribution < 1.29 is 4.79 Å². The highest BCUT2D eigenvalue weighted by molar-refractivity contribution is 5.96. The van der Waals surface area contributed by atoms with Crippen molar-refractivity contribution in [3.05, 3.63) is 29.8 Å². The Morgan fingerprint density at radius 2 is 2.00 bits per heavy atom. The highest BCUT2D eigenvalue weighted by atomic mass is 16.1. The highest BCUT2D eigenvalue weighted by Crippen LogP contribution is 2.25. The molecular weight excluding hydrogens is 332 g/mol. The summed E-state index contributed by atoms with van der Waals surface area (Å²) in [5, 5.41) is 22.9. The van der Waals surface area contributed by atoms with E-state index in [-0.39, 0.29) is 11.4 Å². The summed E-state index contributed by atoms with van der Waals surface area (Å²) in [5.41, 5.74) is 6.28. The lowest BCUT2D eigenvalue weighted by Gasteiger charge is -2.22. The van der Waals surface area contributed by atoms with Crippen LogP contribution in [0.2, 0.25) is 0 Å². The smallest absolute Gasteiger partial charge is 0.271 e. The number of hydrogen-bond acceptors (Lipinski definition) is 8. The second-order valence-electron chi connectivity index (χ2n) is 6.26. The molecule has 0 aliphatic heterocycles. The highest BCUT2D eigenvalue weighted by Gasteiger charge is 2.17. The maximum atomic E-state index is 11.6. The Hall–Kier alpha value is -3.28. The van der Waals surface area contributed by atoms with Crippen LogP contribution in [0.25, 0.3) is 0 Å². The fourth-order valence-electron chi connectivity index (χ4n) is 3.00. The van der Waals surface area contributed by atoms with Crippen LogP contribution in [-0.4, -0.2) is 32.6 Å². The van der Waals surface area contributed by atoms with E-state index in [2.05, 4.69) is 30.8 Å².